The van der Waals surface area contributed by atoms with Crippen LogP contribution in [0.5, 0.6) is 0 Å². The summed E-state index contributed by atoms with van der Waals surface area (Å²) in [6.45, 7) is 0. The lowest BCUT2D eigenvalue weighted by molar-refractivity contribution is 0.0600. The zero-order valence-corrected chi connectivity index (χ0v) is 11.9. The largest absolute Gasteiger partial charge is 0.465 e. The number of hydrogen-bond donors (Lipinski definition) is 1. The van der Waals surface area contributed by atoms with E-state index in [-0.39, 0.29) is 5.97 Å². The highest BCUT2D eigenvalue weighted by Crippen LogP contribution is 2.27. The molecule has 18 heavy (non-hydrogen) atoms. The number of carbonyl (C=O) groups is 1. The lowest BCUT2D eigenvalue weighted by Gasteiger charge is -2.04. The average molecular weight is 295 g/mol. The number of benzene rings is 1. The Morgan fingerprint density at radius 3 is 2.72 bits per heavy atom. The number of esters is 1. The second-order valence-corrected chi connectivity index (χ2v) is 5.56. The fraction of sp³-hybridized carbons (Fsp3) is 0.0833. The van der Waals surface area contributed by atoms with Crippen molar-refractivity contribution in [1.29, 1.82) is 0 Å². The molecule has 0 bridgehead atoms. The molecule has 1 N–H and O–H groups in total. The van der Waals surface area contributed by atoms with Crippen molar-refractivity contribution in [2.75, 3.05) is 7.11 Å². The normalized spacial score (nSPS) is 16.8. The van der Waals surface area contributed by atoms with E-state index in [2.05, 4.69) is 5.32 Å². The molecular weight excluding hydrogens is 286 g/mol. The maximum absolute atomic E-state index is 11.6. The number of nitrogens with one attached hydrogen (secondary N) is 1. The molecule has 1 aromatic rings. The number of rotatable bonds is 2. The number of thioether (sulfide) groups is 1. The zero-order chi connectivity index (χ0) is 13.1. The van der Waals surface area contributed by atoms with Gasteiger partial charge in [-0.25, -0.2) is 4.79 Å². The Morgan fingerprint density at radius 2 is 2.11 bits per heavy atom. The molecule has 0 unspecified atom stereocenters. The molecule has 0 aromatic heterocycles. The van der Waals surface area contributed by atoms with E-state index in [1.165, 1.54) is 18.9 Å². The number of hydrogen-bond acceptors (Lipinski definition) is 5. The molecule has 1 aromatic carbocycles. The zero-order valence-electron chi connectivity index (χ0n) is 9.43. The molecule has 92 valence electrons. The minimum absolute atomic E-state index is 0.369. The Bertz CT molecular complexity index is 566. The van der Waals surface area contributed by atoms with Crippen molar-refractivity contribution in [3.05, 3.63) is 40.3 Å². The van der Waals surface area contributed by atoms with Crippen LogP contribution in [-0.4, -0.2) is 22.4 Å². The van der Waals surface area contributed by atoms with Crippen molar-refractivity contribution in [2.45, 2.75) is 0 Å². The maximum Gasteiger partial charge on any atom is 0.338 e. The molecule has 0 radical (unpaired) electrons. The smallest absolute Gasteiger partial charge is 0.338 e. The highest BCUT2D eigenvalue weighted by Gasteiger charge is 2.19. The van der Waals surface area contributed by atoms with Gasteiger partial charge in [-0.3, -0.25) is 0 Å². The summed E-state index contributed by atoms with van der Waals surface area (Å²) < 4.78 is 5.37. The fourth-order valence-electron chi connectivity index (χ4n) is 1.48. The van der Waals surface area contributed by atoms with Gasteiger partial charge in [-0.05, 0) is 17.7 Å². The van der Waals surface area contributed by atoms with E-state index in [4.69, 9.17) is 29.2 Å². The number of carbonyl (C=O) groups excluding carboxylic acids is 1. The molecule has 0 saturated carbocycles. The third-order valence-corrected chi connectivity index (χ3v) is 3.93. The van der Waals surface area contributed by atoms with E-state index in [0.717, 1.165) is 10.5 Å². The van der Waals surface area contributed by atoms with Gasteiger partial charge in [0, 0.05) is 4.91 Å². The lowest BCUT2D eigenvalue weighted by atomic mass is 10.1. The first-order valence-electron chi connectivity index (χ1n) is 5.04. The number of ether oxygens (including phenoxy) is 1. The van der Waals surface area contributed by atoms with Gasteiger partial charge in [-0.2, -0.15) is 0 Å². The Labute approximate surface area is 120 Å². The summed E-state index contributed by atoms with van der Waals surface area (Å²) in [6, 6.07) is 7.20. The van der Waals surface area contributed by atoms with Gasteiger partial charge in [0.1, 0.15) is 9.31 Å². The molecule has 1 fully saturated rings. The minimum Gasteiger partial charge on any atom is -0.465 e. The first kappa shape index (κ1) is 13.2. The summed E-state index contributed by atoms with van der Waals surface area (Å²) in [6.07, 6.45) is 1.84. The SMILES string of the molecule is COC(=O)c1ccccc1/C=C1/SC(=S)NC1=S. The fourth-order valence-corrected chi connectivity index (χ4v) is 2.95. The average Bonchev–Trinajstić information content (AvgIpc) is 2.67. The third-order valence-electron chi connectivity index (χ3n) is 2.29. The van der Waals surface area contributed by atoms with Crippen molar-refractivity contribution >= 4 is 57.6 Å². The van der Waals surface area contributed by atoms with Gasteiger partial charge in [0.15, 0.2) is 0 Å². The van der Waals surface area contributed by atoms with E-state index in [1.807, 2.05) is 18.2 Å². The van der Waals surface area contributed by atoms with E-state index < -0.39 is 0 Å². The van der Waals surface area contributed by atoms with Crippen LogP contribution < -0.4 is 5.32 Å². The summed E-state index contributed by atoms with van der Waals surface area (Å²) >= 11 is 11.6. The summed E-state index contributed by atoms with van der Waals surface area (Å²) in [5, 5.41) is 2.89. The lowest BCUT2D eigenvalue weighted by Crippen LogP contribution is -2.15. The Morgan fingerprint density at radius 1 is 1.39 bits per heavy atom. The van der Waals surface area contributed by atoms with Crippen molar-refractivity contribution in [3.8, 4) is 0 Å². The molecule has 1 saturated heterocycles. The summed E-state index contributed by atoms with van der Waals surface area (Å²) in [5.74, 6) is -0.369. The van der Waals surface area contributed by atoms with Crippen LogP contribution in [0.2, 0.25) is 0 Å². The van der Waals surface area contributed by atoms with Gasteiger partial charge in [-0.1, -0.05) is 54.4 Å². The van der Waals surface area contributed by atoms with E-state index >= 15 is 0 Å². The van der Waals surface area contributed by atoms with Crippen LogP contribution in [0.4, 0.5) is 0 Å². The van der Waals surface area contributed by atoms with Crippen molar-refractivity contribution in [2.24, 2.45) is 0 Å². The van der Waals surface area contributed by atoms with Gasteiger partial charge in [-0.15, -0.1) is 0 Å². The molecule has 2 rings (SSSR count). The molecule has 1 heterocycles. The van der Waals surface area contributed by atoms with Crippen LogP contribution in [0.3, 0.4) is 0 Å². The second-order valence-electron chi connectivity index (χ2n) is 3.43. The van der Waals surface area contributed by atoms with Crippen LogP contribution in [0.25, 0.3) is 6.08 Å². The molecule has 1 aliphatic rings. The Balaban J connectivity index is 2.40. The highest BCUT2D eigenvalue weighted by atomic mass is 32.2. The Kier molecular flexibility index (Phi) is 4.11. The molecule has 6 heteroatoms. The highest BCUT2D eigenvalue weighted by molar-refractivity contribution is 8.27. The third kappa shape index (κ3) is 2.77. The quantitative estimate of drug-likeness (QED) is 0.514. The minimum atomic E-state index is -0.369. The molecule has 0 amide bonds. The van der Waals surface area contributed by atoms with E-state index in [0.29, 0.717) is 14.9 Å². The molecule has 1 aliphatic heterocycles. The topological polar surface area (TPSA) is 38.3 Å². The second kappa shape index (κ2) is 5.60. The number of methoxy groups -OCH3 is 1. The monoisotopic (exact) mass is 295 g/mol. The first-order valence-corrected chi connectivity index (χ1v) is 6.67. The van der Waals surface area contributed by atoms with E-state index in [1.54, 1.807) is 12.1 Å². The van der Waals surface area contributed by atoms with Crippen LogP contribution in [0.15, 0.2) is 29.2 Å². The van der Waals surface area contributed by atoms with Crippen LogP contribution in [-0.2, 0) is 4.74 Å². The molecular formula is C12H9NO2S3. The summed E-state index contributed by atoms with van der Waals surface area (Å²) in [7, 11) is 1.36. The predicted octanol–water partition coefficient (Wildman–Crippen LogP) is 2.76. The van der Waals surface area contributed by atoms with Crippen molar-refractivity contribution in [1.82, 2.24) is 5.32 Å². The standard InChI is InChI=1S/C12H9NO2S3/c1-15-11(14)8-5-3-2-4-7(8)6-9-10(16)13-12(17)18-9/h2-6H,1H3,(H,13,16,17)/b9-6+. The molecule has 0 aliphatic carbocycles. The predicted molar refractivity (Wildman–Crippen MR) is 81.7 cm³/mol. The van der Waals surface area contributed by atoms with Crippen LogP contribution in [0, 0.1) is 0 Å². The first-order chi connectivity index (χ1) is 8.61. The summed E-state index contributed by atoms with van der Waals surface area (Å²) in [4.78, 5) is 13.0. The van der Waals surface area contributed by atoms with Gasteiger partial charge >= 0.3 is 5.97 Å². The molecule has 3 nitrogen and oxygen atoms in total. The van der Waals surface area contributed by atoms with Gasteiger partial charge in [0.05, 0.1) is 12.7 Å². The van der Waals surface area contributed by atoms with Gasteiger partial charge in [0.2, 0.25) is 0 Å². The summed E-state index contributed by atoms with van der Waals surface area (Å²) in [5.41, 5.74) is 1.27. The van der Waals surface area contributed by atoms with Crippen LogP contribution in [0.1, 0.15) is 15.9 Å². The van der Waals surface area contributed by atoms with Crippen molar-refractivity contribution < 1.29 is 9.53 Å². The molecule has 0 spiro atoms. The van der Waals surface area contributed by atoms with Crippen molar-refractivity contribution in [3.63, 3.8) is 0 Å². The van der Waals surface area contributed by atoms with E-state index in [9.17, 15) is 4.79 Å². The maximum atomic E-state index is 11.6. The Hall–Kier alpha value is -1.24. The molecule has 0 atom stereocenters. The van der Waals surface area contributed by atoms with Crippen LogP contribution >= 0.6 is 36.2 Å². The number of thiocarbonyl (C=S) groups is 2. The van der Waals surface area contributed by atoms with Gasteiger partial charge < -0.3 is 10.1 Å². The van der Waals surface area contributed by atoms with Gasteiger partial charge in [0.25, 0.3) is 0 Å².